The SMILES string of the molecule is CCNCCNC(=O)c1cnc2onc(C)c2c1.Cl. The van der Waals surface area contributed by atoms with Crippen LogP contribution in [0.15, 0.2) is 16.8 Å². The molecular formula is C12H17ClN4O2. The number of halogens is 1. The van der Waals surface area contributed by atoms with E-state index in [0.717, 1.165) is 24.2 Å². The van der Waals surface area contributed by atoms with Crippen LogP contribution in [0, 0.1) is 6.92 Å². The maximum atomic E-state index is 11.9. The number of amides is 1. The zero-order valence-corrected chi connectivity index (χ0v) is 11.7. The van der Waals surface area contributed by atoms with Crippen LogP contribution in [0.5, 0.6) is 0 Å². The molecule has 0 bridgehead atoms. The van der Waals surface area contributed by atoms with Crippen molar-refractivity contribution in [3.8, 4) is 0 Å². The van der Waals surface area contributed by atoms with Gasteiger partial charge in [-0.3, -0.25) is 4.79 Å². The van der Waals surface area contributed by atoms with E-state index in [1.807, 2.05) is 13.8 Å². The lowest BCUT2D eigenvalue weighted by atomic mass is 10.2. The molecule has 0 fully saturated rings. The molecule has 0 spiro atoms. The summed E-state index contributed by atoms with van der Waals surface area (Å²) >= 11 is 0. The number of aromatic nitrogens is 2. The number of hydrogen-bond donors (Lipinski definition) is 2. The van der Waals surface area contributed by atoms with Crippen LogP contribution in [-0.2, 0) is 0 Å². The number of pyridine rings is 1. The highest BCUT2D eigenvalue weighted by atomic mass is 35.5. The van der Waals surface area contributed by atoms with Crippen molar-refractivity contribution in [1.29, 1.82) is 0 Å². The first kappa shape index (κ1) is 15.4. The summed E-state index contributed by atoms with van der Waals surface area (Å²) in [6, 6.07) is 1.75. The Morgan fingerprint density at radius 2 is 2.21 bits per heavy atom. The number of likely N-dealkylation sites (N-methyl/N-ethyl adjacent to an activating group) is 1. The molecule has 2 N–H and O–H groups in total. The van der Waals surface area contributed by atoms with Gasteiger partial charge in [0.1, 0.15) is 0 Å². The molecular weight excluding hydrogens is 268 g/mol. The molecule has 2 aromatic heterocycles. The Morgan fingerprint density at radius 1 is 1.42 bits per heavy atom. The summed E-state index contributed by atoms with van der Waals surface area (Å²) in [6.45, 7) is 6.08. The van der Waals surface area contributed by atoms with E-state index in [9.17, 15) is 4.79 Å². The molecule has 1 amide bonds. The molecule has 2 aromatic rings. The lowest BCUT2D eigenvalue weighted by molar-refractivity contribution is 0.0954. The minimum absolute atomic E-state index is 0. The van der Waals surface area contributed by atoms with Crippen LogP contribution >= 0.6 is 12.4 Å². The quantitative estimate of drug-likeness (QED) is 0.809. The molecule has 7 heteroatoms. The highest BCUT2D eigenvalue weighted by molar-refractivity contribution is 5.96. The van der Waals surface area contributed by atoms with Gasteiger partial charge in [-0.15, -0.1) is 12.4 Å². The van der Waals surface area contributed by atoms with Gasteiger partial charge in [-0.2, -0.15) is 0 Å². The first-order chi connectivity index (χ1) is 8.72. The van der Waals surface area contributed by atoms with Gasteiger partial charge in [-0.05, 0) is 19.5 Å². The van der Waals surface area contributed by atoms with Crippen molar-refractivity contribution >= 4 is 29.4 Å². The molecule has 19 heavy (non-hydrogen) atoms. The molecule has 0 aliphatic rings. The van der Waals surface area contributed by atoms with Gasteiger partial charge in [0.25, 0.3) is 11.6 Å². The molecule has 0 atom stereocenters. The van der Waals surface area contributed by atoms with Crippen molar-refractivity contribution in [3.63, 3.8) is 0 Å². The third-order valence-corrected chi connectivity index (χ3v) is 2.61. The van der Waals surface area contributed by atoms with Gasteiger partial charge in [-0.25, -0.2) is 4.98 Å². The van der Waals surface area contributed by atoms with E-state index in [1.54, 1.807) is 6.07 Å². The van der Waals surface area contributed by atoms with E-state index in [2.05, 4.69) is 20.8 Å². The monoisotopic (exact) mass is 284 g/mol. The Morgan fingerprint density at radius 3 is 2.95 bits per heavy atom. The van der Waals surface area contributed by atoms with E-state index in [4.69, 9.17) is 4.52 Å². The summed E-state index contributed by atoms with van der Waals surface area (Å²) in [7, 11) is 0. The first-order valence-electron chi connectivity index (χ1n) is 5.93. The van der Waals surface area contributed by atoms with Crippen LogP contribution in [0.2, 0.25) is 0 Å². The standard InChI is InChI=1S/C12H16N4O2.ClH/c1-3-13-4-5-14-11(17)9-6-10-8(2)16-18-12(10)15-7-9;/h6-7,13H,3-5H2,1-2H3,(H,14,17);1H. The smallest absolute Gasteiger partial charge is 0.257 e. The third kappa shape index (κ3) is 3.65. The highest BCUT2D eigenvalue weighted by Gasteiger charge is 2.10. The molecule has 2 rings (SSSR count). The second kappa shape index (κ2) is 7.06. The van der Waals surface area contributed by atoms with Gasteiger partial charge < -0.3 is 15.2 Å². The van der Waals surface area contributed by atoms with Gasteiger partial charge in [0.05, 0.1) is 16.6 Å². The number of nitrogens with one attached hydrogen (secondary N) is 2. The molecule has 0 radical (unpaired) electrons. The van der Waals surface area contributed by atoms with Crippen molar-refractivity contribution in [3.05, 3.63) is 23.5 Å². The second-order valence-corrected chi connectivity index (χ2v) is 3.95. The molecule has 2 heterocycles. The zero-order chi connectivity index (χ0) is 13.0. The largest absolute Gasteiger partial charge is 0.351 e. The summed E-state index contributed by atoms with van der Waals surface area (Å²) in [5.41, 5.74) is 1.71. The normalized spacial score (nSPS) is 10.2. The average molecular weight is 285 g/mol. The van der Waals surface area contributed by atoms with Crippen LogP contribution in [0.25, 0.3) is 11.1 Å². The van der Waals surface area contributed by atoms with Gasteiger partial charge in [0.15, 0.2) is 0 Å². The van der Waals surface area contributed by atoms with E-state index in [0.29, 0.717) is 17.8 Å². The molecule has 0 aliphatic heterocycles. The van der Waals surface area contributed by atoms with Crippen molar-refractivity contribution in [2.75, 3.05) is 19.6 Å². The van der Waals surface area contributed by atoms with Crippen molar-refractivity contribution in [2.24, 2.45) is 0 Å². The molecule has 0 saturated carbocycles. The molecule has 0 aliphatic carbocycles. The average Bonchev–Trinajstić information content (AvgIpc) is 2.76. The maximum absolute atomic E-state index is 11.9. The second-order valence-electron chi connectivity index (χ2n) is 3.95. The first-order valence-corrected chi connectivity index (χ1v) is 5.93. The van der Waals surface area contributed by atoms with Crippen molar-refractivity contribution in [1.82, 2.24) is 20.8 Å². The Kier molecular flexibility index (Phi) is 5.72. The predicted octanol–water partition coefficient (Wildman–Crippen LogP) is 1.29. The van der Waals surface area contributed by atoms with Gasteiger partial charge in [0, 0.05) is 19.3 Å². The Labute approximate surface area is 117 Å². The van der Waals surface area contributed by atoms with Gasteiger partial charge in [-0.1, -0.05) is 12.1 Å². The van der Waals surface area contributed by atoms with E-state index in [-0.39, 0.29) is 18.3 Å². The molecule has 0 aromatic carbocycles. The number of carbonyl (C=O) groups is 1. The summed E-state index contributed by atoms with van der Waals surface area (Å²) in [5, 5.41) is 10.5. The molecule has 104 valence electrons. The highest BCUT2D eigenvalue weighted by Crippen LogP contribution is 2.16. The van der Waals surface area contributed by atoms with Crippen LogP contribution in [0.3, 0.4) is 0 Å². The number of hydrogen-bond acceptors (Lipinski definition) is 5. The molecule has 0 unspecified atom stereocenters. The summed E-state index contributed by atoms with van der Waals surface area (Å²) in [4.78, 5) is 15.9. The Balaban J connectivity index is 0.00000180. The number of fused-ring (bicyclic) bond motifs is 1. The van der Waals surface area contributed by atoms with E-state index >= 15 is 0 Å². The number of carbonyl (C=O) groups excluding carboxylic acids is 1. The number of aryl methyl sites for hydroxylation is 1. The molecule has 0 saturated heterocycles. The fraction of sp³-hybridized carbons (Fsp3) is 0.417. The van der Waals surface area contributed by atoms with Crippen molar-refractivity contribution in [2.45, 2.75) is 13.8 Å². The predicted molar refractivity (Wildman–Crippen MR) is 74.7 cm³/mol. The van der Waals surface area contributed by atoms with E-state index in [1.165, 1.54) is 6.20 Å². The van der Waals surface area contributed by atoms with Crippen LogP contribution in [0.4, 0.5) is 0 Å². The Bertz CT molecular complexity index is 556. The minimum Gasteiger partial charge on any atom is -0.351 e. The van der Waals surface area contributed by atoms with Gasteiger partial charge >= 0.3 is 0 Å². The minimum atomic E-state index is -0.136. The summed E-state index contributed by atoms with van der Waals surface area (Å²) < 4.78 is 4.99. The van der Waals surface area contributed by atoms with Crippen molar-refractivity contribution < 1.29 is 9.32 Å². The maximum Gasteiger partial charge on any atom is 0.257 e. The lowest BCUT2D eigenvalue weighted by Crippen LogP contribution is -2.31. The number of nitrogens with zero attached hydrogens (tertiary/aromatic N) is 2. The number of rotatable bonds is 5. The fourth-order valence-electron chi connectivity index (χ4n) is 1.61. The van der Waals surface area contributed by atoms with E-state index < -0.39 is 0 Å². The zero-order valence-electron chi connectivity index (χ0n) is 10.9. The van der Waals surface area contributed by atoms with Crippen LogP contribution in [-0.4, -0.2) is 35.7 Å². The summed E-state index contributed by atoms with van der Waals surface area (Å²) in [5.74, 6) is -0.136. The Hall–Kier alpha value is -1.66. The van der Waals surface area contributed by atoms with Gasteiger partial charge in [0.2, 0.25) is 0 Å². The topological polar surface area (TPSA) is 80.0 Å². The summed E-state index contributed by atoms with van der Waals surface area (Å²) in [6.07, 6.45) is 1.50. The lowest BCUT2D eigenvalue weighted by Gasteiger charge is -2.05. The van der Waals surface area contributed by atoms with Crippen LogP contribution in [0.1, 0.15) is 23.0 Å². The molecule has 6 nitrogen and oxygen atoms in total. The third-order valence-electron chi connectivity index (χ3n) is 2.61. The van der Waals surface area contributed by atoms with Crippen LogP contribution < -0.4 is 10.6 Å². The fourth-order valence-corrected chi connectivity index (χ4v) is 1.61.